The lowest BCUT2D eigenvalue weighted by Gasteiger charge is -2.20. The number of aryl methyl sites for hydroxylation is 2. The zero-order chi connectivity index (χ0) is 13.5. The van der Waals surface area contributed by atoms with Crippen LogP contribution in [-0.4, -0.2) is 40.7 Å². The maximum Gasteiger partial charge on any atom is 0.325 e. The van der Waals surface area contributed by atoms with E-state index in [9.17, 15) is 4.79 Å². The van der Waals surface area contributed by atoms with Crippen molar-refractivity contribution in [2.24, 2.45) is 0 Å². The number of hydrogen-bond acceptors (Lipinski definition) is 4. The number of carbonyl (C=O) groups is 1. The van der Waals surface area contributed by atoms with Crippen LogP contribution in [0.15, 0.2) is 4.42 Å². The molecule has 0 spiro atoms. The Kier molecular flexibility index (Phi) is 5.64. The SMILES string of the molecule is CCCCN(CCO)C(=O)Nc1nc(C)c(C)o1. The van der Waals surface area contributed by atoms with Gasteiger partial charge in [0, 0.05) is 13.1 Å². The van der Waals surface area contributed by atoms with Crippen LogP contribution in [0.3, 0.4) is 0 Å². The molecular weight excluding hydrogens is 234 g/mol. The highest BCUT2D eigenvalue weighted by atomic mass is 16.4. The van der Waals surface area contributed by atoms with Gasteiger partial charge in [0.05, 0.1) is 12.3 Å². The molecule has 102 valence electrons. The standard InChI is InChI=1S/C12H21N3O3/c1-4-5-6-15(7-8-16)12(17)14-11-13-9(2)10(3)18-11/h16H,4-8H2,1-3H3,(H,13,14,17). The maximum absolute atomic E-state index is 11.9. The summed E-state index contributed by atoms with van der Waals surface area (Å²) in [7, 11) is 0. The minimum atomic E-state index is -0.293. The predicted octanol–water partition coefficient (Wildman–Crippen LogP) is 1.92. The fourth-order valence-electron chi connectivity index (χ4n) is 1.48. The Labute approximate surface area is 107 Å². The van der Waals surface area contributed by atoms with Crippen molar-refractivity contribution in [1.82, 2.24) is 9.88 Å². The minimum Gasteiger partial charge on any atom is -0.428 e. The normalized spacial score (nSPS) is 10.4. The first kappa shape index (κ1) is 14.5. The third-order valence-corrected chi connectivity index (χ3v) is 2.68. The third-order valence-electron chi connectivity index (χ3n) is 2.68. The molecule has 0 aliphatic rings. The molecule has 0 saturated heterocycles. The molecule has 0 aliphatic heterocycles. The number of nitrogens with zero attached hydrogens (tertiary/aromatic N) is 2. The number of carbonyl (C=O) groups excluding carboxylic acids is 1. The summed E-state index contributed by atoms with van der Waals surface area (Å²) in [6.07, 6.45) is 1.89. The van der Waals surface area contributed by atoms with Gasteiger partial charge in [-0.3, -0.25) is 5.32 Å². The number of oxazole rings is 1. The summed E-state index contributed by atoms with van der Waals surface area (Å²) in [4.78, 5) is 17.6. The van der Waals surface area contributed by atoms with Crippen molar-refractivity contribution in [2.75, 3.05) is 25.0 Å². The van der Waals surface area contributed by atoms with Crippen molar-refractivity contribution in [3.63, 3.8) is 0 Å². The van der Waals surface area contributed by atoms with Crippen molar-refractivity contribution >= 4 is 12.0 Å². The Morgan fingerprint density at radius 2 is 2.17 bits per heavy atom. The Hall–Kier alpha value is -1.56. The van der Waals surface area contributed by atoms with Crippen LogP contribution in [0.2, 0.25) is 0 Å². The Balaban J connectivity index is 2.59. The van der Waals surface area contributed by atoms with Gasteiger partial charge in [-0.25, -0.2) is 4.79 Å². The fourth-order valence-corrected chi connectivity index (χ4v) is 1.48. The molecule has 1 aromatic rings. The molecule has 0 radical (unpaired) electrons. The Bertz CT molecular complexity index is 370. The van der Waals surface area contributed by atoms with Crippen molar-refractivity contribution in [3.8, 4) is 0 Å². The number of hydrogen-bond donors (Lipinski definition) is 2. The largest absolute Gasteiger partial charge is 0.428 e. The van der Waals surface area contributed by atoms with Crippen LogP contribution in [0.5, 0.6) is 0 Å². The number of urea groups is 1. The molecule has 1 aromatic heterocycles. The van der Waals surface area contributed by atoms with Gasteiger partial charge < -0.3 is 14.4 Å². The van der Waals surface area contributed by atoms with E-state index in [0.717, 1.165) is 18.5 Å². The van der Waals surface area contributed by atoms with Crippen LogP contribution in [-0.2, 0) is 0 Å². The maximum atomic E-state index is 11.9. The number of amides is 2. The summed E-state index contributed by atoms with van der Waals surface area (Å²) in [5, 5.41) is 11.5. The van der Waals surface area contributed by atoms with Gasteiger partial charge in [-0.1, -0.05) is 13.3 Å². The van der Waals surface area contributed by atoms with E-state index >= 15 is 0 Å². The molecule has 1 rings (SSSR count). The Morgan fingerprint density at radius 1 is 1.44 bits per heavy atom. The molecule has 0 atom stereocenters. The van der Waals surface area contributed by atoms with E-state index in [2.05, 4.69) is 17.2 Å². The van der Waals surface area contributed by atoms with Crippen LogP contribution in [0.1, 0.15) is 31.2 Å². The van der Waals surface area contributed by atoms with Gasteiger partial charge in [0.25, 0.3) is 0 Å². The average Bonchev–Trinajstić information content (AvgIpc) is 2.63. The van der Waals surface area contributed by atoms with Crippen molar-refractivity contribution in [2.45, 2.75) is 33.6 Å². The summed E-state index contributed by atoms with van der Waals surface area (Å²) in [6.45, 7) is 6.53. The summed E-state index contributed by atoms with van der Waals surface area (Å²) in [5.41, 5.74) is 0.757. The molecule has 0 unspecified atom stereocenters. The molecule has 1 heterocycles. The van der Waals surface area contributed by atoms with Crippen LogP contribution >= 0.6 is 0 Å². The second kappa shape index (κ2) is 7.00. The molecule has 2 N–H and O–H groups in total. The number of aliphatic hydroxyl groups is 1. The van der Waals surface area contributed by atoms with E-state index in [0.29, 0.717) is 18.8 Å². The van der Waals surface area contributed by atoms with Crippen LogP contribution < -0.4 is 5.32 Å². The second-order valence-corrected chi connectivity index (χ2v) is 4.15. The van der Waals surface area contributed by atoms with Gasteiger partial charge in [-0.05, 0) is 20.3 Å². The summed E-state index contributed by atoms with van der Waals surface area (Å²) in [5.74, 6) is 0.688. The van der Waals surface area contributed by atoms with E-state index in [1.807, 2.05) is 6.92 Å². The lowest BCUT2D eigenvalue weighted by molar-refractivity contribution is 0.187. The lowest BCUT2D eigenvalue weighted by Crippen LogP contribution is -2.37. The second-order valence-electron chi connectivity index (χ2n) is 4.15. The smallest absolute Gasteiger partial charge is 0.325 e. The molecule has 2 amide bonds. The van der Waals surface area contributed by atoms with Gasteiger partial charge in [0.1, 0.15) is 5.76 Å². The van der Waals surface area contributed by atoms with E-state index in [-0.39, 0.29) is 18.7 Å². The van der Waals surface area contributed by atoms with E-state index < -0.39 is 0 Å². The first-order valence-electron chi connectivity index (χ1n) is 6.19. The highest BCUT2D eigenvalue weighted by Gasteiger charge is 2.15. The number of unbranched alkanes of at least 4 members (excludes halogenated alkanes) is 1. The molecular formula is C12H21N3O3. The van der Waals surface area contributed by atoms with Crippen LogP contribution in [0.4, 0.5) is 10.8 Å². The zero-order valence-electron chi connectivity index (χ0n) is 11.2. The van der Waals surface area contributed by atoms with Crippen LogP contribution in [0.25, 0.3) is 0 Å². The van der Waals surface area contributed by atoms with E-state index in [1.165, 1.54) is 0 Å². The summed E-state index contributed by atoms with van der Waals surface area (Å²) in [6, 6.07) is -0.0896. The van der Waals surface area contributed by atoms with Crippen molar-refractivity contribution in [1.29, 1.82) is 0 Å². The summed E-state index contributed by atoms with van der Waals surface area (Å²) < 4.78 is 5.29. The van der Waals surface area contributed by atoms with Gasteiger partial charge in [-0.15, -0.1) is 0 Å². The van der Waals surface area contributed by atoms with Crippen molar-refractivity contribution in [3.05, 3.63) is 11.5 Å². The number of nitrogens with one attached hydrogen (secondary N) is 1. The van der Waals surface area contributed by atoms with Gasteiger partial charge in [-0.2, -0.15) is 4.98 Å². The fraction of sp³-hybridized carbons (Fsp3) is 0.667. The lowest BCUT2D eigenvalue weighted by atomic mass is 10.3. The predicted molar refractivity (Wildman–Crippen MR) is 68.6 cm³/mol. The summed E-state index contributed by atoms with van der Waals surface area (Å²) >= 11 is 0. The Morgan fingerprint density at radius 3 is 2.67 bits per heavy atom. The monoisotopic (exact) mass is 255 g/mol. The zero-order valence-corrected chi connectivity index (χ0v) is 11.2. The topological polar surface area (TPSA) is 78.6 Å². The van der Waals surface area contributed by atoms with Gasteiger partial charge >= 0.3 is 12.0 Å². The highest BCUT2D eigenvalue weighted by molar-refractivity contribution is 5.87. The molecule has 0 fully saturated rings. The molecule has 0 aromatic carbocycles. The number of aliphatic hydroxyl groups excluding tert-OH is 1. The average molecular weight is 255 g/mol. The first-order chi connectivity index (χ1) is 8.58. The highest BCUT2D eigenvalue weighted by Crippen LogP contribution is 2.13. The van der Waals surface area contributed by atoms with Gasteiger partial charge in [0.15, 0.2) is 0 Å². The molecule has 6 nitrogen and oxygen atoms in total. The molecule has 0 saturated carbocycles. The number of rotatable bonds is 6. The molecule has 0 bridgehead atoms. The number of anilines is 1. The van der Waals surface area contributed by atoms with Gasteiger partial charge in [0.2, 0.25) is 0 Å². The minimum absolute atomic E-state index is 0.0548. The third kappa shape index (κ3) is 4.03. The number of aromatic nitrogens is 1. The van der Waals surface area contributed by atoms with Crippen LogP contribution in [0, 0.1) is 13.8 Å². The molecule has 18 heavy (non-hydrogen) atoms. The molecule has 6 heteroatoms. The van der Waals surface area contributed by atoms with E-state index in [4.69, 9.17) is 9.52 Å². The van der Waals surface area contributed by atoms with E-state index in [1.54, 1.807) is 11.8 Å². The quantitative estimate of drug-likeness (QED) is 0.814. The first-order valence-corrected chi connectivity index (χ1v) is 6.19. The van der Waals surface area contributed by atoms with Crippen molar-refractivity contribution < 1.29 is 14.3 Å². The molecule has 0 aliphatic carbocycles.